The highest BCUT2D eigenvalue weighted by Gasteiger charge is 2.48. The number of carbonyl (C=O) groups excluding carboxylic acids is 2. The van der Waals surface area contributed by atoms with Crippen LogP contribution in [0.4, 0.5) is 5.69 Å². The number of aryl methyl sites for hydroxylation is 2. The van der Waals surface area contributed by atoms with Crippen molar-refractivity contribution in [3.05, 3.63) is 93.2 Å². The van der Waals surface area contributed by atoms with Crippen molar-refractivity contribution in [2.24, 2.45) is 0 Å². The Balaban J connectivity index is 1.98. The van der Waals surface area contributed by atoms with Gasteiger partial charge in [-0.25, -0.2) is 0 Å². The zero-order valence-corrected chi connectivity index (χ0v) is 18.4. The summed E-state index contributed by atoms with van der Waals surface area (Å²) in [5, 5.41) is 21.6. The van der Waals surface area contributed by atoms with E-state index in [1.807, 2.05) is 13.8 Å². The molecule has 2 heterocycles. The molecule has 0 radical (unpaired) electrons. The van der Waals surface area contributed by atoms with E-state index < -0.39 is 17.7 Å². The molecule has 1 unspecified atom stereocenters. The van der Waals surface area contributed by atoms with Crippen molar-refractivity contribution in [1.82, 2.24) is 4.98 Å². The lowest BCUT2D eigenvalue weighted by Gasteiger charge is -2.25. The number of rotatable bonds is 3. The Hall–Kier alpha value is -3.45. The monoisotopic (exact) mass is 478 g/mol. The number of anilines is 1. The lowest BCUT2D eigenvalue weighted by molar-refractivity contribution is -0.132. The van der Waals surface area contributed by atoms with E-state index in [2.05, 4.69) is 20.9 Å². The molecule has 4 rings (SSSR count). The van der Waals surface area contributed by atoms with Crippen molar-refractivity contribution < 1.29 is 19.8 Å². The van der Waals surface area contributed by atoms with Crippen molar-refractivity contribution in [2.45, 2.75) is 19.9 Å². The van der Waals surface area contributed by atoms with Gasteiger partial charge in [0, 0.05) is 16.2 Å². The van der Waals surface area contributed by atoms with Crippen LogP contribution in [0.5, 0.6) is 5.75 Å². The van der Waals surface area contributed by atoms with Gasteiger partial charge in [0.1, 0.15) is 17.6 Å². The van der Waals surface area contributed by atoms with Crippen molar-refractivity contribution in [1.29, 1.82) is 0 Å². The first-order chi connectivity index (χ1) is 14.8. The Labute approximate surface area is 187 Å². The molecule has 1 fully saturated rings. The smallest absolute Gasteiger partial charge is 0.300 e. The van der Waals surface area contributed by atoms with Crippen LogP contribution in [-0.2, 0) is 9.59 Å². The van der Waals surface area contributed by atoms with Crippen LogP contribution in [0.25, 0.3) is 5.76 Å². The number of aliphatic hydroxyl groups is 1. The summed E-state index contributed by atoms with van der Waals surface area (Å²) < 4.78 is 0.857. The zero-order chi connectivity index (χ0) is 22.3. The Kier molecular flexibility index (Phi) is 5.37. The van der Waals surface area contributed by atoms with Gasteiger partial charge in [0.2, 0.25) is 0 Å². The van der Waals surface area contributed by atoms with Gasteiger partial charge in [-0.3, -0.25) is 19.5 Å². The number of nitrogens with zero attached hydrogens (tertiary/aromatic N) is 2. The van der Waals surface area contributed by atoms with E-state index in [0.717, 1.165) is 15.6 Å². The molecule has 7 heteroatoms. The van der Waals surface area contributed by atoms with Crippen molar-refractivity contribution >= 4 is 39.1 Å². The molecule has 0 spiro atoms. The number of aliphatic hydroxyl groups excluding tert-OH is 1. The van der Waals surface area contributed by atoms with Crippen molar-refractivity contribution in [3.8, 4) is 5.75 Å². The van der Waals surface area contributed by atoms with Crippen LogP contribution in [0.1, 0.15) is 28.4 Å². The number of pyridine rings is 1. The first-order valence-electron chi connectivity index (χ1n) is 9.57. The Morgan fingerprint density at radius 3 is 2.52 bits per heavy atom. The molecule has 1 aromatic heterocycles. The summed E-state index contributed by atoms with van der Waals surface area (Å²) in [6.45, 7) is 3.68. The summed E-state index contributed by atoms with van der Waals surface area (Å²) in [5.74, 6) is -2.12. The molecule has 1 saturated heterocycles. The highest BCUT2D eigenvalue weighted by atomic mass is 79.9. The molecular weight excluding hydrogens is 460 g/mol. The third-order valence-electron chi connectivity index (χ3n) is 5.23. The van der Waals surface area contributed by atoms with E-state index in [9.17, 15) is 19.8 Å². The number of amides is 1. The van der Waals surface area contributed by atoms with Crippen LogP contribution in [-0.4, -0.2) is 26.9 Å². The normalized spacial score (nSPS) is 17.9. The van der Waals surface area contributed by atoms with Gasteiger partial charge < -0.3 is 10.2 Å². The minimum Gasteiger partial charge on any atom is -0.507 e. The average molecular weight is 479 g/mol. The maximum atomic E-state index is 13.1. The van der Waals surface area contributed by atoms with Crippen molar-refractivity contribution in [3.63, 3.8) is 0 Å². The highest BCUT2D eigenvalue weighted by molar-refractivity contribution is 9.10. The van der Waals surface area contributed by atoms with Crippen LogP contribution in [0.2, 0.25) is 0 Å². The van der Waals surface area contributed by atoms with E-state index in [0.29, 0.717) is 11.3 Å². The minimum absolute atomic E-state index is 0.0775. The van der Waals surface area contributed by atoms with Gasteiger partial charge in [0.05, 0.1) is 17.0 Å². The van der Waals surface area contributed by atoms with Gasteiger partial charge in [-0.2, -0.15) is 0 Å². The maximum Gasteiger partial charge on any atom is 0.300 e. The second-order valence-electron chi connectivity index (χ2n) is 7.38. The fraction of sp³-hybridized carbons (Fsp3) is 0.125. The predicted molar refractivity (Wildman–Crippen MR) is 121 cm³/mol. The minimum atomic E-state index is -0.988. The first kappa shape index (κ1) is 20.8. The van der Waals surface area contributed by atoms with Gasteiger partial charge in [0.25, 0.3) is 11.7 Å². The maximum absolute atomic E-state index is 13.1. The van der Waals surface area contributed by atoms with Gasteiger partial charge in [-0.15, -0.1) is 0 Å². The summed E-state index contributed by atoms with van der Waals surface area (Å²) in [4.78, 5) is 31.7. The van der Waals surface area contributed by atoms with E-state index >= 15 is 0 Å². The lowest BCUT2D eigenvalue weighted by Crippen LogP contribution is -2.30. The molecule has 1 amide bonds. The van der Waals surface area contributed by atoms with Crippen LogP contribution < -0.4 is 4.90 Å². The molecule has 1 aliphatic heterocycles. The molecule has 3 aromatic rings. The molecule has 1 aliphatic rings. The van der Waals surface area contributed by atoms with E-state index in [1.54, 1.807) is 54.7 Å². The molecule has 2 aromatic carbocycles. The molecule has 0 aliphatic carbocycles. The number of Topliss-reactive ketones (excluding diaryl/α,β-unsaturated/α-hetero) is 1. The number of ketones is 1. The number of halogens is 1. The molecule has 2 N–H and O–H groups in total. The van der Waals surface area contributed by atoms with E-state index in [4.69, 9.17) is 0 Å². The molecule has 6 nitrogen and oxygen atoms in total. The number of benzene rings is 2. The SMILES string of the molecule is Cc1ccc(O)c(N2C(=O)C(=O)/C(=C(\O)c3ccc(Br)c(C)c3)C2c2ccccn2)c1. The predicted octanol–water partition coefficient (Wildman–Crippen LogP) is 4.79. The van der Waals surface area contributed by atoms with Crippen LogP contribution >= 0.6 is 15.9 Å². The quantitative estimate of drug-likeness (QED) is 0.320. The fourth-order valence-corrected chi connectivity index (χ4v) is 3.92. The summed E-state index contributed by atoms with van der Waals surface area (Å²) in [5.41, 5.74) is 2.59. The summed E-state index contributed by atoms with van der Waals surface area (Å²) in [6.07, 6.45) is 1.55. The molecule has 0 bridgehead atoms. The highest BCUT2D eigenvalue weighted by Crippen LogP contribution is 2.44. The van der Waals surface area contributed by atoms with E-state index in [-0.39, 0.29) is 22.8 Å². The zero-order valence-electron chi connectivity index (χ0n) is 16.8. The molecule has 156 valence electrons. The first-order valence-corrected chi connectivity index (χ1v) is 10.4. The summed E-state index contributed by atoms with van der Waals surface area (Å²) >= 11 is 3.42. The van der Waals surface area contributed by atoms with Crippen LogP contribution in [0, 0.1) is 13.8 Å². The number of hydrogen-bond acceptors (Lipinski definition) is 5. The number of aromatic nitrogens is 1. The second-order valence-corrected chi connectivity index (χ2v) is 8.23. The third-order valence-corrected chi connectivity index (χ3v) is 6.12. The van der Waals surface area contributed by atoms with Crippen molar-refractivity contribution in [2.75, 3.05) is 4.90 Å². The summed E-state index contributed by atoms with van der Waals surface area (Å²) in [6, 6.07) is 14.1. The molecule has 1 atom stereocenters. The van der Waals surface area contributed by atoms with Gasteiger partial charge in [0.15, 0.2) is 0 Å². The molecule has 31 heavy (non-hydrogen) atoms. The molecular formula is C24H19BrN2O4. The van der Waals surface area contributed by atoms with Crippen LogP contribution in [0.3, 0.4) is 0 Å². The third kappa shape index (κ3) is 3.61. The second kappa shape index (κ2) is 8.00. The van der Waals surface area contributed by atoms with Crippen LogP contribution in [0.15, 0.2) is 70.8 Å². The number of carbonyl (C=O) groups is 2. The summed E-state index contributed by atoms with van der Waals surface area (Å²) in [7, 11) is 0. The van der Waals surface area contributed by atoms with Gasteiger partial charge in [-0.1, -0.05) is 34.1 Å². The number of phenols is 1. The Morgan fingerprint density at radius 2 is 1.84 bits per heavy atom. The van der Waals surface area contributed by atoms with Gasteiger partial charge >= 0.3 is 0 Å². The molecule has 0 saturated carbocycles. The lowest BCUT2D eigenvalue weighted by atomic mass is 9.97. The number of aromatic hydroxyl groups is 1. The Morgan fingerprint density at radius 1 is 1.06 bits per heavy atom. The number of phenolic OH excluding ortho intramolecular Hbond substituents is 1. The number of hydrogen-bond donors (Lipinski definition) is 2. The largest absolute Gasteiger partial charge is 0.507 e. The fourth-order valence-electron chi connectivity index (χ4n) is 3.67. The standard InChI is InChI=1S/C24H19BrN2O4/c1-13-6-9-19(28)18(11-13)27-21(17-5-3-4-10-26-17)20(23(30)24(27)31)22(29)15-7-8-16(25)14(2)12-15/h3-12,21,28-29H,1-2H3/b22-20-. The Bertz CT molecular complexity index is 1240. The average Bonchev–Trinajstić information content (AvgIpc) is 3.02. The van der Waals surface area contributed by atoms with E-state index in [1.165, 1.54) is 11.0 Å². The van der Waals surface area contributed by atoms with Gasteiger partial charge in [-0.05, 0) is 61.4 Å². The topological polar surface area (TPSA) is 90.7 Å².